The molecule has 2 aromatic carbocycles. The van der Waals surface area contributed by atoms with E-state index in [4.69, 9.17) is 0 Å². The van der Waals surface area contributed by atoms with Crippen LogP contribution in [0.1, 0.15) is 50.2 Å². The highest BCUT2D eigenvalue weighted by Crippen LogP contribution is 2.53. The molecule has 28 heavy (non-hydrogen) atoms. The van der Waals surface area contributed by atoms with Gasteiger partial charge >= 0.3 is 0 Å². The minimum Gasteiger partial charge on any atom is -0.508 e. The quantitative estimate of drug-likeness (QED) is 0.776. The van der Waals surface area contributed by atoms with E-state index < -0.39 is 0 Å². The van der Waals surface area contributed by atoms with Crippen LogP contribution in [0, 0.1) is 5.92 Å². The van der Waals surface area contributed by atoms with Crippen LogP contribution in [0.15, 0.2) is 54.6 Å². The van der Waals surface area contributed by atoms with Crippen molar-refractivity contribution < 1.29 is 10.2 Å². The van der Waals surface area contributed by atoms with E-state index in [0.717, 1.165) is 38.8 Å². The molecule has 0 radical (unpaired) electrons. The van der Waals surface area contributed by atoms with Gasteiger partial charge in [-0.3, -0.25) is 4.90 Å². The highest BCUT2D eigenvalue weighted by atomic mass is 16.3. The average Bonchev–Trinajstić information content (AvgIpc) is 2.68. The maximum Gasteiger partial charge on any atom is 0.115 e. The number of aliphatic hydroxyl groups excluding tert-OH is 1. The SMILES string of the molecule is CC(O)C[C@H]1[C@@H]2CCC[C@@]1(c1cccc(O)c1)CCN2CCc1ccccc1. The van der Waals surface area contributed by atoms with Crippen molar-refractivity contribution in [3.8, 4) is 5.75 Å². The Morgan fingerprint density at radius 2 is 1.93 bits per heavy atom. The van der Waals surface area contributed by atoms with Crippen molar-refractivity contribution in [2.24, 2.45) is 5.92 Å². The lowest BCUT2D eigenvalue weighted by Gasteiger charge is -2.57. The molecule has 2 fully saturated rings. The number of aromatic hydroxyl groups is 1. The van der Waals surface area contributed by atoms with Crippen molar-refractivity contribution in [2.45, 2.75) is 63.0 Å². The van der Waals surface area contributed by atoms with Gasteiger partial charge in [-0.15, -0.1) is 0 Å². The van der Waals surface area contributed by atoms with Crippen LogP contribution in [-0.4, -0.2) is 40.3 Å². The fraction of sp³-hybridized carbons (Fsp3) is 0.520. The summed E-state index contributed by atoms with van der Waals surface area (Å²) in [7, 11) is 0. The van der Waals surface area contributed by atoms with Crippen LogP contribution in [0.2, 0.25) is 0 Å². The minimum absolute atomic E-state index is 0.0852. The first-order chi connectivity index (χ1) is 13.6. The molecule has 1 saturated carbocycles. The summed E-state index contributed by atoms with van der Waals surface area (Å²) < 4.78 is 0. The Balaban J connectivity index is 1.59. The van der Waals surface area contributed by atoms with E-state index in [1.165, 1.54) is 24.0 Å². The number of benzene rings is 2. The van der Waals surface area contributed by atoms with Crippen LogP contribution in [0.25, 0.3) is 0 Å². The number of fused-ring (bicyclic) bond motifs is 2. The lowest BCUT2D eigenvalue weighted by atomic mass is 9.55. The van der Waals surface area contributed by atoms with E-state index in [0.29, 0.717) is 17.7 Å². The second-order valence-corrected chi connectivity index (χ2v) is 8.88. The third-order valence-electron chi connectivity index (χ3n) is 7.16. The van der Waals surface area contributed by atoms with Crippen LogP contribution < -0.4 is 0 Å². The van der Waals surface area contributed by atoms with Crippen molar-refractivity contribution in [1.82, 2.24) is 4.90 Å². The maximum atomic E-state index is 10.3. The summed E-state index contributed by atoms with van der Waals surface area (Å²) in [5.74, 6) is 0.795. The normalized spacial score (nSPS) is 28.8. The van der Waals surface area contributed by atoms with Gasteiger partial charge in [0.2, 0.25) is 0 Å². The fourth-order valence-corrected chi connectivity index (χ4v) is 5.90. The molecule has 1 aliphatic carbocycles. The van der Waals surface area contributed by atoms with E-state index >= 15 is 0 Å². The van der Waals surface area contributed by atoms with Gasteiger partial charge in [-0.25, -0.2) is 0 Å². The Hall–Kier alpha value is -1.84. The van der Waals surface area contributed by atoms with Gasteiger partial charge in [-0.05, 0) is 74.8 Å². The molecular weight excluding hydrogens is 346 g/mol. The van der Waals surface area contributed by atoms with E-state index in [1.807, 2.05) is 19.1 Å². The number of piperidine rings is 1. The molecule has 150 valence electrons. The smallest absolute Gasteiger partial charge is 0.115 e. The Kier molecular flexibility index (Phi) is 5.75. The molecule has 1 unspecified atom stereocenters. The van der Waals surface area contributed by atoms with Crippen molar-refractivity contribution in [3.63, 3.8) is 0 Å². The lowest BCUT2D eigenvalue weighted by Crippen LogP contribution is -2.59. The summed E-state index contributed by atoms with van der Waals surface area (Å²) in [6.07, 6.45) is 6.33. The predicted octanol–water partition coefficient (Wildman–Crippen LogP) is 4.52. The van der Waals surface area contributed by atoms with Crippen LogP contribution in [-0.2, 0) is 11.8 Å². The standard InChI is InChI=1S/C25H33NO2/c1-19(27)17-23-24-11-6-13-25(23,21-9-5-10-22(28)18-21)14-16-26(24)15-12-20-7-3-2-4-8-20/h2-5,7-10,18-19,23-24,27-28H,6,11-17H2,1H3/t19?,23-,24-,25-/m0/s1. The van der Waals surface area contributed by atoms with E-state index in [-0.39, 0.29) is 11.5 Å². The summed E-state index contributed by atoms with van der Waals surface area (Å²) in [5, 5.41) is 20.4. The molecule has 1 aliphatic heterocycles. The summed E-state index contributed by atoms with van der Waals surface area (Å²) in [4.78, 5) is 2.68. The molecule has 2 N–H and O–H groups in total. The molecule has 2 aliphatic rings. The Morgan fingerprint density at radius 3 is 2.68 bits per heavy atom. The number of aliphatic hydroxyl groups is 1. The third kappa shape index (κ3) is 3.83. The summed E-state index contributed by atoms with van der Waals surface area (Å²) >= 11 is 0. The van der Waals surface area contributed by atoms with Gasteiger partial charge in [0.05, 0.1) is 6.10 Å². The van der Waals surface area contributed by atoms with E-state index in [1.54, 1.807) is 6.07 Å². The molecule has 4 atom stereocenters. The number of nitrogens with zero attached hydrogens (tertiary/aromatic N) is 1. The molecule has 1 saturated heterocycles. The number of likely N-dealkylation sites (tertiary alicyclic amines) is 1. The molecule has 3 nitrogen and oxygen atoms in total. The first-order valence-corrected chi connectivity index (χ1v) is 10.8. The van der Waals surface area contributed by atoms with Gasteiger partial charge in [-0.2, -0.15) is 0 Å². The second kappa shape index (κ2) is 8.26. The van der Waals surface area contributed by atoms with Crippen molar-refractivity contribution in [2.75, 3.05) is 13.1 Å². The molecule has 0 amide bonds. The van der Waals surface area contributed by atoms with Crippen molar-refractivity contribution >= 4 is 0 Å². The van der Waals surface area contributed by atoms with Crippen LogP contribution in [0.4, 0.5) is 0 Å². The van der Waals surface area contributed by atoms with Gasteiger partial charge in [0.15, 0.2) is 0 Å². The van der Waals surface area contributed by atoms with Crippen LogP contribution >= 0.6 is 0 Å². The highest BCUT2D eigenvalue weighted by molar-refractivity contribution is 5.35. The Morgan fingerprint density at radius 1 is 1.11 bits per heavy atom. The highest BCUT2D eigenvalue weighted by Gasteiger charge is 2.51. The monoisotopic (exact) mass is 379 g/mol. The minimum atomic E-state index is -0.295. The number of hydrogen-bond donors (Lipinski definition) is 2. The summed E-state index contributed by atoms with van der Waals surface area (Å²) in [6, 6.07) is 19.2. The van der Waals surface area contributed by atoms with Gasteiger partial charge in [0.25, 0.3) is 0 Å². The molecule has 1 heterocycles. The zero-order chi connectivity index (χ0) is 19.6. The lowest BCUT2D eigenvalue weighted by molar-refractivity contribution is -0.0321. The second-order valence-electron chi connectivity index (χ2n) is 8.88. The number of phenols is 1. The first kappa shape index (κ1) is 19.5. The van der Waals surface area contributed by atoms with Crippen LogP contribution in [0.5, 0.6) is 5.75 Å². The molecular formula is C25H33NO2. The Bertz CT molecular complexity index is 775. The molecule has 4 rings (SSSR count). The zero-order valence-electron chi connectivity index (χ0n) is 16.9. The van der Waals surface area contributed by atoms with Crippen molar-refractivity contribution in [3.05, 3.63) is 65.7 Å². The molecule has 3 heteroatoms. The fourth-order valence-electron chi connectivity index (χ4n) is 5.90. The molecule has 0 aromatic heterocycles. The summed E-state index contributed by atoms with van der Waals surface area (Å²) in [6.45, 7) is 4.11. The third-order valence-corrected chi connectivity index (χ3v) is 7.16. The number of hydrogen-bond acceptors (Lipinski definition) is 3. The van der Waals surface area contributed by atoms with Crippen molar-refractivity contribution in [1.29, 1.82) is 0 Å². The van der Waals surface area contributed by atoms with Gasteiger partial charge in [0.1, 0.15) is 5.75 Å². The van der Waals surface area contributed by atoms with Gasteiger partial charge < -0.3 is 10.2 Å². The molecule has 2 aromatic rings. The summed E-state index contributed by atoms with van der Waals surface area (Å²) in [5.41, 5.74) is 2.75. The van der Waals surface area contributed by atoms with Gasteiger partial charge in [0, 0.05) is 18.0 Å². The maximum absolute atomic E-state index is 10.3. The molecule has 0 spiro atoms. The predicted molar refractivity (Wildman–Crippen MR) is 114 cm³/mol. The van der Waals surface area contributed by atoms with E-state index in [2.05, 4.69) is 41.3 Å². The largest absolute Gasteiger partial charge is 0.508 e. The first-order valence-electron chi connectivity index (χ1n) is 10.8. The van der Waals surface area contributed by atoms with E-state index in [9.17, 15) is 10.2 Å². The molecule has 2 bridgehead atoms. The zero-order valence-corrected chi connectivity index (χ0v) is 16.9. The van der Waals surface area contributed by atoms with Crippen LogP contribution in [0.3, 0.4) is 0 Å². The van der Waals surface area contributed by atoms with Gasteiger partial charge in [-0.1, -0.05) is 48.9 Å². The number of phenolic OH excluding ortho intramolecular Hbond substituents is 1. The number of rotatable bonds is 6. The Labute approximate surface area is 169 Å². The topological polar surface area (TPSA) is 43.7 Å². The average molecular weight is 380 g/mol.